The molecule has 0 fully saturated rings. The van der Waals surface area contributed by atoms with Gasteiger partial charge in [-0.05, 0) is 19.3 Å². The minimum atomic E-state index is -1.91. The van der Waals surface area contributed by atoms with Gasteiger partial charge in [0, 0.05) is 33.4 Å². The Balaban J connectivity index is -0.00000151. The molecule has 8 nitrogen and oxygen atoms in total. The van der Waals surface area contributed by atoms with Crippen molar-refractivity contribution in [2.45, 2.75) is 180 Å². The highest BCUT2D eigenvalue weighted by Crippen LogP contribution is 2.21. The highest BCUT2D eigenvalue weighted by molar-refractivity contribution is 7.96. The van der Waals surface area contributed by atoms with E-state index in [1.807, 2.05) is 0 Å². The van der Waals surface area contributed by atoms with Gasteiger partial charge < -0.3 is 16.4 Å². The molecule has 0 unspecified atom stereocenters. The SMILES string of the molecule is CCCCCCCCCC(=O)C(N)(C(=O)CCCCCCCCC)C(=O)CCCCCCCCC.CN(C)C(=O)S.NC(=O)S. The normalized spacial score (nSPS) is 10.7. The van der Waals surface area contributed by atoms with Gasteiger partial charge in [0.1, 0.15) is 0 Å². The first-order chi connectivity index (χ1) is 21.3. The molecule has 0 rings (SSSR count). The summed E-state index contributed by atoms with van der Waals surface area (Å²) in [6, 6.07) is 0. The molecule has 0 bridgehead atoms. The van der Waals surface area contributed by atoms with E-state index in [1.54, 1.807) is 14.1 Å². The molecule has 0 aliphatic heterocycles. The first-order valence-corrected chi connectivity index (χ1v) is 18.5. The van der Waals surface area contributed by atoms with Crippen molar-refractivity contribution in [2.24, 2.45) is 11.5 Å². The van der Waals surface area contributed by atoms with Crippen LogP contribution in [0.25, 0.3) is 0 Å². The van der Waals surface area contributed by atoms with Crippen molar-refractivity contribution >= 4 is 53.1 Å². The van der Waals surface area contributed by atoms with Crippen LogP contribution in [0.1, 0.15) is 175 Å². The summed E-state index contributed by atoms with van der Waals surface area (Å²) in [7, 11) is 3.30. The van der Waals surface area contributed by atoms with Crippen LogP contribution in [-0.2, 0) is 14.4 Å². The number of nitrogens with zero attached hydrogens (tertiary/aromatic N) is 1. The Hall–Kier alpha value is -1.39. The van der Waals surface area contributed by atoms with Gasteiger partial charge in [-0.2, -0.15) is 0 Å². The number of primary amides is 1. The Labute approximate surface area is 287 Å². The Bertz CT molecular complexity index is 700. The van der Waals surface area contributed by atoms with Crippen LogP contribution in [0.4, 0.5) is 9.59 Å². The Kier molecular flexibility index (Phi) is 36.2. The van der Waals surface area contributed by atoms with E-state index in [2.05, 4.69) is 51.8 Å². The van der Waals surface area contributed by atoms with Crippen LogP contribution >= 0.6 is 25.3 Å². The van der Waals surface area contributed by atoms with Crippen LogP contribution < -0.4 is 11.5 Å². The van der Waals surface area contributed by atoms with Gasteiger partial charge in [-0.25, -0.2) is 0 Å². The monoisotopic (exact) mass is 675 g/mol. The number of nitrogens with two attached hydrogens (primary N) is 2. The van der Waals surface area contributed by atoms with E-state index in [4.69, 9.17) is 10.5 Å². The first-order valence-electron chi connectivity index (χ1n) is 17.6. The van der Waals surface area contributed by atoms with Crippen LogP contribution in [-0.4, -0.2) is 52.4 Å². The fraction of sp³-hybridized carbons (Fsp3) is 0.857. The molecule has 0 saturated heterocycles. The zero-order valence-electron chi connectivity index (χ0n) is 29.5. The summed E-state index contributed by atoms with van der Waals surface area (Å²) < 4.78 is 0. The molecule has 0 aliphatic rings. The molecule has 0 spiro atoms. The second-order valence-electron chi connectivity index (χ2n) is 12.2. The molecule has 2 amide bonds. The number of carbonyl (C=O) groups is 5. The molecule has 4 N–H and O–H groups in total. The predicted molar refractivity (Wildman–Crippen MR) is 196 cm³/mol. The third-order valence-electron chi connectivity index (χ3n) is 7.72. The van der Waals surface area contributed by atoms with E-state index in [0.29, 0.717) is 0 Å². The second kappa shape index (κ2) is 34.0. The number of carbonyl (C=O) groups excluding carboxylic acids is 5. The summed E-state index contributed by atoms with van der Waals surface area (Å²) in [6.45, 7) is 6.60. The Morgan fingerprint density at radius 1 is 0.489 bits per heavy atom. The third kappa shape index (κ3) is 31.0. The van der Waals surface area contributed by atoms with E-state index >= 15 is 0 Å². The maximum absolute atomic E-state index is 13.1. The molecule has 10 heteroatoms. The van der Waals surface area contributed by atoms with Crippen molar-refractivity contribution in [1.29, 1.82) is 0 Å². The first kappa shape index (κ1) is 48.0. The Morgan fingerprint density at radius 2 is 0.667 bits per heavy atom. The summed E-state index contributed by atoms with van der Waals surface area (Å²) in [4.78, 5) is 59.8. The average molecular weight is 676 g/mol. The molecule has 45 heavy (non-hydrogen) atoms. The number of thiol groups is 2. The van der Waals surface area contributed by atoms with E-state index in [9.17, 15) is 19.2 Å². The lowest BCUT2D eigenvalue weighted by atomic mass is 9.79. The third-order valence-corrected chi connectivity index (χ3v) is 8.12. The zero-order valence-corrected chi connectivity index (χ0v) is 31.3. The van der Waals surface area contributed by atoms with Crippen LogP contribution in [0.15, 0.2) is 0 Å². The highest BCUT2D eigenvalue weighted by Gasteiger charge is 2.46. The standard InChI is InChI=1S/C31H59NO3.C3H7NOS.CH3NOS/c1-4-7-10-13-16-19-22-25-28(33)31(32,29(34)26-23-20-17-14-11-8-5-2)30(35)27-24-21-18-15-12-9-6-3;1-4(2)3(5)6;2-1(3)4/h4-27,32H2,1-3H3;1-2H3,(H,5,6);(H3,2,3,4). The number of rotatable bonds is 27. The topological polar surface area (TPSA) is 141 Å². The molecule has 0 atom stereocenters. The number of unbranched alkanes of at least 4 members (excludes halogenated alkanes) is 18. The molecule has 0 saturated carbocycles. The van der Waals surface area contributed by atoms with Crippen molar-refractivity contribution in [3.05, 3.63) is 0 Å². The highest BCUT2D eigenvalue weighted by atomic mass is 32.1. The maximum Gasteiger partial charge on any atom is 0.278 e. The Morgan fingerprint density at radius 3 is 0.844 bits per heavy atom. The van der Waals surface area contributed by atoms with Gasteiger partial charge in [-0.3, -0.25) is 24.0 Å². The number of amides is 2. The minimum Gasteiger partial charge on any atom is -0.361 e. The largest absolute Gasteiger partial charge is 0.361 e. The summed E-state index contributed by atoms with van der Waals surface area (Å²) in [6.07, 6.45) is 23.8. The lowest BCUT2D eigenvalue weighted by molar-refractivity contribution is -0.142. The zero-order chi connectivity index (χ0) is 34.9. The number of hydrogen-bond acceptors (Lipinski definition) is 6. The fourth-order valence-corrected chi connectivity index (χ4v) is 4.79. The summed E-state index contributed by atoms with van der Waals surface area (Å²) >= 11 is 6.58. The molecule has 0 aromatic carbocycles. The molecule has 0 radical (unpaired) electrons. The number of Topliss-reactive ketones (excluding diaryl/α,β-unsaturated/α-hetero) is 3. The summed E-state index contributed by atoms with van der Waals surface area (Å²) in [5.41, 5.74) is 8.85. The smallest absolute Gasteiger partial charge is 0.278 e. The molecule has 0 aromatic rings. The van der Waals surface area contributed by atoms with Crippen molar-refractivity contribution in [1.82, 2.24) is 4.90 Å². The minimum absolute atomic E-state index is 0.213. The van der Waals surface area contributed by atoms with Crippen molar-refractivity contribution in [2.75, 3.05) is 14.1 Å². The molecule has 0 heterocycles. The van der Waals surface area contributed by atoms with Crippen LogP contribution in [0.2, 0.25) is 0 Å². The van der Waals surface area contributed by atoms with Crippen molar-refractivity contribution < 1.29 is 24.0 Å². The van der Waals surface area contributed by atoms with Crippen LogP contribution in [0.3, 0.4) is 0 Å². The van der Waals surface area contributed by atoms with Crippen molar-refractivity contribution in [3.63, 3.8) is 0 Å². The lowest BCUT2D eigenvalue weighted by Crippen LogP contribution is -2.61. The van der Waals surface area contributed by atoms with Crippen LogP contribution in [0.5, 0.6) is 0 Å². The van der Waals surface area contributed by atoms with Gasteiger partial charge in [0.05, 0.1) is 0 Å². The van der Waals surface area contributed by atoms with Gasteiger partial charge in [0.15, 0.2) is 22.9 Å². The van der Waals surface area contributed by atoms with Gasteiger partial charge in [-0.1, -0.05) is 162 Å². The summed E-state index contributed by atoms with van der Waals surface area (Å²) in [5.74, 6) is -1.02. The average Bonchev–Trinajstić information content (AvgIpc) is 2.98. The van der Waals surface area contributed by atoms with E-state index in [-0.39, 0.29) is 41.9 Å². The van der Waals surface area contributed by atoms with Gasteiger partial charge in [0.2, 0.25) is 0 Å². The van der Waals surface area contributed by atoms with Gasteiger partial charge in [0.25, 0.3) is 10.5 Å². The molecular formula is C35H69N3O5S2. The fourth-order valence-electron chi connectivity index (χ4n) is 4.79. The van der Waals surface area contributed by atoms with E-state index in [0.717, 1.165) is 57.8 Å². The molecular weight excluding hydrogens is 607 g/mol. The van der Waals surface area contributed by atoms with E-state index < -0.39 is 10.8 Å². The van der Waals surface area contributed by atoms with Gasteiger partial charge >= 0.3 is 0 Å². The molecule has 0 aliphatic carbocycles. The van der Waals surface area contributed by atoms with Gasteiger partial charge in [-0.15, -0.1) is 0 Å². The van der Waals surface area contributed by atoms with E-state index in [1.165, 1.54) is 81.9 Å². The van der Waals surface area contributed by atoms with Crippen molar-refractivity contribution in [3.8, 4) is 0 Å². The molecule has 266 valence electrons. The number of ketones is 3. The lowest BCUT2D eigenvalue weighted by Gasteiger charge is -2.25. The molecule has 0 aromatic heterocycles. The quantitative estimate of drug-likeness (QED) is 0.0388. The van der Waals surface area contributed by atoms with Crippen LogP contribution in [0, 0.1) is 0 Å². The number of hydrogen-bond donors (Lipinski definition) is 4. The predicted octanol–water partition coefficient (Wildman–Crippen LogP) is 9.41. The summed E-state index contributed by atoms with van der Waals surface area (Å²) in [5, 5.41) is -0.852. The second-order valence-corrected chi connectivity index (χ2v) is 13.0. The maximum atomic E-state index is 13.1.